The highest BCUT2D eigenvalue weighted by atomic mass is 19.1. The first-order chi connectivity index (χ1) is 9.99. The molecule has 0 amide bonds. The summed E-state index contributed by atoms with van der Waals surface area (Å²) in [7, 11) is 0. The summed E-state index contributed by atoms with van der Waals surface area (Å²) in [6.45, 7) is 3.38. The lowest BCUT2D eigenvalue weighted by molar-refractivity contribution is 0.502. The second-order valence-electron chi connectivity index (χ2n) is 5.19. The van der Waals surface area contributed by atoms with E-state index >= 15 is 0 Å². The van der Waals surface area contributed by atoms with E-state index in [0.717, 1.165) is 23.1 Å². The van der Waals surface area contributed by atoms with Gasteiger partial charge in [-0.15, -0.1) is 0 Å². The molecule has 2 aromatic carbocycles. The zero-order valence-electron chi connectivity index (χ0n) is 11.8. The molecule has 0 spiro atoms. The lowest BCUT2D eigenvalue weighted by Gasteiger charge is -2.12. The topological polar surface area (TPSA) is 39.2 Å². The molecule has 3 aromatic rings. The number of para-hydroxylation sites is 1. The van der Waals surface area contributed by atoms with E-state index in [4.69, 9.17) is 10.2 Å². The third-order valence-electron chi connectivity index (χ3n) is 3.78. The minimum atomic E-state index is -0.840. The van der Waals surface area contributed by atoms with Crippen molar-refractivity contribution in [2.75, 3.05) is 0 Å². The molecule has 1 atom stereocenters. The summed E-state index contributed by atoms with van der Waals surface area (Å²) in [6.07, 6.45) is 0. The van der Waals surface area contributed by atoms with Crippen LogP contribution in [0.4, 0.5) is 8.78 Å². The SMILES string of the molecule is Cc1cc(F)c(C(N)c2oc3ccccc3c2C)cc1F. The molecule has 0 aliphatic heterocycles. The third-order valence-corrected chi connectivity index (χ3v) is 3.78. The van der Waals surface area contributed by atoms with Gasteiger partial charge in [0.15, 0.2) is 0 Å². The van der Waals surface area contributed by atoms with Gasteiger partial charge in [-0.3, -0.25) is 0 Å². The number of nitrogens with two attached hydrogens (primary N) is 1. The molecule has 108 valence electrons. The Morgan fingerprint density at radius 2 is 1.76 bits per heavy atom. The van der Waals surface area contributed by atoms with Gasteiger partial charge in [-0.25, -0.2) is 8.78 Å². The van der Waals surface area contributed by atoms with Gasteiger partial charge in [-0.05, 0) is 37.6 Å². The molecule has 3 rings (SSSR count). The van der Waals surface area contributed by atoms with Crippen LogP contribution in [0.5, 0.6) is 0 Å². The van der Waals surface area contributed by atoms with Gasteiger partial charge in [0.05, 0.1) is 6.04 Å². The molecule has 0 fully saturated rings. The van der Waals surface area contributed by atoms with Crippen LogP contribution in [-0.4, -0.2) is 0 Å². The molecule has 21 heavy (non-hydrogen) atoms. The fourth-order valence-electron chi connectivity index (χ4n) is 2.53. The van der Waals surface area contributed by atoms with Gasteiger partial charge in [-0.2, -0.15) is 0 Å². The summed E-state index contributed by atoms with van der Waals surface area (Å²) < 4.78 is 33.5. The van der Waals surface area contributed by atoms with E-state index in [-0.39, 0.29) is 11.1 Å². The second-order valence-corrected chi connectivity index (χ2v) is 5.19. The fraction of sp³-hybridized carbons (Fsp3) is 0.176. The standard InChI is InChI=1S/C17H15F2NO/c1-9-7-14(19)12(8-13(9)18)16(20)17-10(2)11-5-3-4-6-15(11)21-17/h3-8,16H,20H2,1-2H3. The van der Waals surface area contributed by atoms with Crippen molar-refractivity contribution < 1.29 is 13.2 Å². The van der Waals surface area contributed by atoms with Gasteiger partial charge in [0.2, 0.25) is 0 Å². The lowest BCUT2D eigenvalue weighted by Crippen LogP contribution is -2.14. The molecule has 0 radical (unpaired) electrons. The summed E-state index contributed by atoms with van der Waals surface area (Å²) in [5.74, 6) is -0.546. The Balaban J connectivity index is 2.14. The van der Waals surface area contributed by atoms with Crippen LogP contribution in [0.3, 0.4) is 0 Å². The van der Waals surface area contributed by atoms with E-state index in [0.29, 0.717) is 11.3 Å². The number of halogens is 2. The van der Waals surface area contributed by atoms with Crippen molar-refractivity contribution in [3.63, 3.8) is 0 Å². The first-order valence-corrected chi connectivity index (χ1v) is 6.68. The van der Waals surface area contributed by atoms with Crippen LogP contribution in [0.1, 0.15) is 28.5 Å². The fourth-order valence-corrected chi connectivity index (χ4v) is 2.53. The van der Waals surface area contributed by atoms with Gasteiger partial charge in [0.1, 0.15) is 23.0 Å². The van der Waals surface area contributed by atoms with E-state index in [1.54, 1.807) is 0 Å². The van der Waals surface area contributed by atoms with E-state index in [2.05, 4.69) is 0 Å². The minimum absolute atomic E-state index is 0.0975. The Morgan fingerprint density at radius 1 is 1.05 bits per heavy atom. The van der Waals surface area contributed by atoms with Gasteiger partial charge in [-0.1, -0.05) is 18.2 Å². The maximum Gasteiger partial charge on any atom is 0.134 e. The second kappa shape index (κ2) is 4.97. The van der Waals surface area contributed by atoms with Crippen molar-refractivity contribution in [3.05, 3.63) is 70.5 Å². The Labute approximate surface area is 121 Å². The number of fused-ring (bicyclic) bond motifs is 1. The minimum Gasteiger partial charge on any atom is -0.459 e. The highest BCUT2D eigenvalue weighted by Gasteiger charge is 2.22. The van der Waals surface area contributed by atoms with E-state index < -0.39 is 17.7 Å². The van der Waals surface area contributed by atoms with Crippen LogP contribution in [0.2, 0.25) is 0 Å². The molecule has 2 nitrogen and oxygen atoms in total. The Kier molecular flexibility index (Phi) is 3.26. The number of furan rings is 1. The van der Waals surface area contributed by atoms with Crippen LogP contribution in [0.15, 0.2) is 40.8 Å². The number of aryl methyl sites for hydroxylation is 2. The molecule has 0 saturated heterocycles. The predicted octanol–water partition coefficient (Wildman–Crippen LogP) is 4.38. The molecule has 1 unspecified atom stereocenters. The quantitative estimate of drug-likeness (QED) is 0.760. The first kappa shape index (κ1) is 13.8. The van der Waals surface area contributed by atoms with Crippen LogP contribution in [0, 0.1) is 25.5 Å². The smallest absolute Gasteiger partial charge is 0.134 e. The summed E-state index contributed by atoms with van der Waals surface area (Å²) in [5.41, 5.74) is 7.99. The van der Waals surface area contributed by atoms with Gasteiger partial charge < -0.3 is 10.2 Å². The van der Waals surface area contributed by atoms with Gasteiger partial charge in [0, 0.05) is 16.5 Å². The molecule has 0 saturated carbocycles. The van der Waals surface area contributed by atoms with Crippen molar-refractivity contribution in [2.24, 2.45) is 5.73 Å². The number of rotatable bonds is 2. The van der Waals surface area contributed by atoms with Crippen molar-refractivity contribution in [1.82, 2.24) is 0 Å². The van der Waals surface area contributed by atoms with Gasteiger partial charge in [0.25, 0.3) is 0 Å². The molecule has 1 aromatic heterocycles. The predicted molar refractivity (Wildman–Crippen MR) is 78.1 cm³/mol. The first-order valence-electron chi connectivity index (χ1n) is 6.68. The van der Waals surface area contributed by atoms with E-state index in [1.807, 2.05) is 31.2 Å². The molecule has 0 bridgehead atoms. The molecule has 2 N–H and O–H groups in total. The number of benzene rings is 2. The monoisotopic (exact) mass is 287 g/mol. The van der Waals surface area contributed by atoms with Crippen LogP contribution >= 0.6 is 0 Å². The highest BCUT2D eigenvalue weighted by molar-refractivity contribution is 5.82. The average molecular weight is 287 g/mol. The maximum absolute atomic E-state index is 14.1. The maximum atomic E-state index is 14.1. The molecular formula is C17H15F2NO. The van der Waals surface area contributed by atoms with E-state index in [1.165, 1.54) is 6.92 Å². The van der Waals surface area contributed by atoms with E-state index in [9.17, 15) is 8.78 Å². The largest absolute Gasteiger partial charge is 0.459 e. The third kappa shape index (κ3) is 2.21. The molecule has 4 heteroatoms. The summed E-state index contributed by atoms with van der Waals surface area (Å²) >= 11 is 0. The highest BCUT2D eigenvalue weighted by Crippen LogP contribution is 2.32. The zero-order chi connectivity index (χ0) is 15.1. The van der Waals surface area contributed by atoms with Crippen LogP contribution in [0.25, 0.3) is 11.0 Å². The Morgan fingerprint density at radius 3 is 2.48 bits per heavy atom. The Bertz CT molecular complexity index is 823. The number of hydrogen-bond donors (Lipinski definition) is 1. The van der Waals surface area contributed by atoms with Crippen molar-refractivity contribution in [1.29, 1.82) is 0 Å². The summed E-state index contributed by atoms with van der Waals surface area (Å²) in [6, 6.07) is 8.94. The molecular weight excluding hydrogens is 272 g/mol. The molecule has 0 aliphatic rings. The summed E-state index contributed by atoms with van der Waals surface area (Å²) in [5, 5.41) is 0.927. The van der Waals surface area contributed by atoms with Crippen LogP contribution < -0.4 is 5.73 Å². The normalized spacial score (nSPS) is 12.8. The number of hydrogen-bond acceptors (Lipinski definition) is 2. The van der Waals surface area contributed by atoms with Gasteiger partial charge >= 0.3 is 0 Å². The van der Waals surface area contributed by atoms with Crippen molar-refractivity contribution in [3.8, 4) is 0 Å². The Hall–Kier alpha value is -2.20. The van der Waals surface area contributed by atoms with Crippen LogP contribution in [-0.2, 0) is 0 Å². The van der Waals surface area contributed by atoms with Crippen molar-refractivity contribution in [2.45, 2.75) is 19.9 Å². The average Bonchev–Trinajstić information content (AvgIpc) is 2.80. The molecule has 0 aliphatic carbocycles. The van der Waals surface area contributed by atoms with Crippen molar-refractivity contribution >= 4 is 11.0 Å². The summed E-state index contributed by atoms with van der Waals surface area (Å²) in [4.78, 5) is 0. The molecule has 1 heterocycles. The lowest BCUT2D eigenvalue weighted by atomic mass is 9.99. The zero-order valence-corrected chi connectivity index (χ0v) is 11.8.